The minimum Gasteiger partial charge on any atom is -0.506 e. The molecule has 0 spiro atoms. The van der Waals surface area contributed by atoms with Gasteiger partial charge in [-0.2, -0.15) is 0 Å². The van der Waals surface area contributed by atoms with Crippen LogP contribution in [0.4, 0.5) is 11.4 Å². The van der Waals surface area contributed by atoms with E-state index < -0.39 is 11.1 Å². The highest BCUT2D eigenvalue weighted by Crippen LogP contribution is 2.32. The van der Waals surface area contributed by atoms with Crippen molar-refractivity contribution in [3.8, 4) is 22.9 Å². The molecule has 0 aliphatic rings. The lowest BCUT2D eigenvalue weighted by molar-refractivity contribution is 0.478. The fourth-order valence-electron chi connectivity index (χ4n) is 6.10. The number of aliphatic imine (C=N–C) groups is 2. The molecule has 0 saturated carbocycles. The average molecular weight is 631 g/mol. The molecule has 0 unspecified atom stereocenters. The maximum Gasteiger partial charge on any atom is 0.268 e. The minimum absolute atomic E-state index is 0.0881. The van der Waals surface area contributed by atoms with Crippen molar-refractivity contribution in [2.75, 3.05) is 0 Å². The fraction of sp³-hybridized carbons (Fsp3) is 0.0500. The van der Waals surface area contributed by atoms with E-state index in [4.69, 9.17) is 9.98 Å². The molecule has 2 aromatic heterocycles. The quantitative estimate of drug-likeness (QED) is 0.182. The molecule has 2 N–H and O–H groups in total. The molecule has 234 valence electrons. The van der Waals surface area contributed by atoms with Gasteiger partial charge in [-0.1, -0.05) is 66.7 Å². The zero-order chi connectivity index (χ0) is 33.4. The summed E-state index contributed by atoms with van der Waals surface area (Å²) in [4.78, 5) is 37.3. The maximum absolute atomic E-state index is 13.9. The Morgan fingerprint density at radius 2 is 0.875 bits per heavy atom. The fourth-order valence-corrected chi connectivity index (χ4v) is 6.10. The van der Waals surface area contributed by atoms with Crippen LogP contribution in [-0.2, 0) is 0 Å². The van der Waals surface area contributed by atoms with Crippen molar-refractivity contribution in [3.63, 3.8) is 0 Å². The predicted molar refractivity (Wildman–Crippen MR) is 193 cm³/mol. The van der Waals surface area contributed by atoms with Crippen molar-refractivity contribution in [3.05, 3.63) is 165 Å². The van der Waals surface area contributed by atoms with Gasteiger partial charge >= 0.3 is 0 Å². The van der Waals surface area contributed by atoms with Gasteiger partial charge in [0.2, 0.25) is 0 Å². The lowest BCUT2D eigenvalue weighted by Gasteiger charge is -2.15. The van der Waals surface area contributed by atoms with Gasteiger partial charge in [-0.15, -0.1) is 0 Å². The van der Waals surface area contributed by atoms with E-state index in [2.05, 4.69) is 0 Å². The molecule has 0 saturated heterocycles. The molecular weight excluding hydrogens is 600 g/mol. The Hall–Kier alpha value is -6.54. The average Bonchev–Trinajstić information content (AvgIpc) is 3.09. The molecule has 0 aliphatic carbocycles. The first-order valence-corrected chi connectivity index (χ1v) is 15.4. The second-order valence-corrected chi connectivity index (χ2v) is 11.3. The first kappa shape index (κ1) is 30.1. The van der Waals surface area contributed by atoms with Crippen molar-refractivity contribution in [1.82, 2.24) is 9.13 Å². The Morgan fingerprint density at radius 3 is 1.29 bits per heavy atom. The third kappa shape index (κ3) is 5.25. The van der Waals surface area contributed by atoms with Crippen LogP contribution in [0.3, 0.4) is 0 Å². The van der Waals surface area contributed by atoms with Gasteiger partial charge in [-0.05, 0) is 80.6 Å². The Morgan fingerprint density at radius 1 is 0.500 bits per heavy atom. The van der Waals surface area contributed by atoms with E-state index in [1.165, 1.54) is 0 Å². The standard InChI is InChI=1S/C40H30N4O4/c1-25(35-37(45)31-20-9-11-22-33(31)43(39(35)47)29-16-5-3-6-17-29)41-27-14-13-15-28(24-27)42-26(2)36-38(46)32-21-10-12-23-34(32)44(40(36)48)30-18-7-4-8-19-30/h3-24,45-46H,1-2H3. The van der Waals surface area contributed by atoms with Crippen molar-refractivity contribution in [2.45, 2.75) is 13.8 Å². The van der Waals surface area contributed by atoms with Gasteiger partial charge in [0.15, 0.2) is 0 Å². The summed E-state index contributed by atoms with van der Waals surface area (Å²) < 4.78 is 3.15. The lowest BCUT2D eigenvalue weighted by atomic mass is 10.1. The van der Waals surface area contributed by atoms with Gasteiger partial charge in [0, 0.05) is 22.1 Å². The van der Waals surface area contributed by atoms with Gasteiger partial charge in [0.05, 0.1) is 33.8 Å². The largest absolute Gasteiger partial charge is 0.506 e. The highest BCUT2D eigenvalue weighted by atomic mass is 16.3. The summed E-state index contributed by atoms with van der Waals surface area (Å²) in [6.45, 7) is 3.36. The van der Waals surface area contributed by atoms with Crippen molar-refractivity contribution in [1.29, 1.82) is 0 Å². The van der Waals surface area contributed by atoms with Gasteiger partial charge in [0.1, 0.15) is 22.6 Å². The topological polar surface area (TPSA) is 109 Å². The highest BCUT2D eigenvalue weighted by molar-refractivity contribution is 6.08. The number of hydrogen-bond donors (Lipinski definition) is 2. The van der Waals surface area contributed by atoms with Crippen LogP contribution in [0.25, 0.3) is 33.2 Å². The van der Waals surface area contributed by atoms with Gasteiger partial charge in [-0.25, -0.2) is 0 Å². The third-order valence-electron chi connectivity index (χ3n) is 8.28. The normalized spacial score (nSPS) is 12.1. The molecule has 48 heavy (non-hydrogen) atoms. The van der Waals surface area contributed by atoms with Crippen LogP contribution in [0.5, 0.6) is 11.5 Å². The molecule has 7 rings (SSSR count). The Bertz CT molecular complexity index is 2360. The Balaban J connectivity index is 1.33. The number of fused-ring (bicyclic) bond motifs is 2. The van der Waals surface area contributed by atoms with E-state index in [-0.39, 0.29) is 22.6 Å². The number of aromatic nitrogens is 2. The van der Waals surface area contributed by atoms with Crippen molar-refractivity contribution >= 4 is 44.6 Å². The van der Waals surface area contributed by atoms with Crippen LogP contribution in [0.1, 0.15) is 25.0 Å². The van der Waals surface area contributed by atoms with Crippen LogP contribution < -0.4 is 11.1 Å². The van der Waals surface area contributed by atoms with Crippen LogP contribution in [0.15, 0.2) is 153 Å². The third-order valence-corrected chi connectivity index (χ3v) is 8.28. The van der Waals surface area contributed by atoms with Crippen LogP contribution >= 0.6 is 0 Å². The summed E-state index contributed by atoms with van der Waals surface area (Å²) in [6.07, 6.45) is 0. The Kier molecular flexibility index (Phi) is 7.74. The molecule has 8 nitrogen and oxygen atoms in total. The van der Waals surface area contributed by atoms with Crippen LogP contribution in [0.2, 0.25) is 0 Å². The van der Waals surface area contributed by atoms with E-state index in [0.717, 1.165) is 0 Å². The monoisotopic (exact) mass is 630 g/mol. The smallest absolute Gasteiger partial charge is 0.268 e. The number of hydrogen-bond acceptors (Lipinski definition) is 6. The zero-order valence-electron chi connectivity index (χ0n) is 26.2. The molecule has 8 heteroatoms. The number of para-hydroxylation sites is 4. The van der Waals surface area contributed by atoms with Crippen molar-refractivity contribution in [2.24, 2.45) is 9.98 Å². The summed E-state index contributed by atoms with van der Waals surface area (Å²) >= 11 is 0. The number of aromatic hydroxyl groups is 2. The van der Waals surface area contributed by atoms with Gasteiger partial charge < -0.3 is 10.2 Å². The zero-order valence-corrected chi connectivity index (χ0v) is 26.2. The van der Waals surface area contributed by atoms with E-state index in [1.807, 2.05) is 84.9 Å². The summed E-state index contributed by atoms with van der Waals surface area (Å²) in [5.74, 6) is -0.286. The van der Waals surface area contributed by atoms with Crippen LogP contribution in [0, 0.1) is 0 Å². The Labute approximate surface area is 275 Å². The van der Waals surface area contributed by atoms with E-state index in [9.17, 15) is 19.8 Å². The van der Waals surface area contributed by atoms with E-state index in [1.54, 1.807) is 71.5 Å². The number of benzene rings is 5. The molecule has 5 aromatic carbocycles. The summed E-state index contributed by atoms with van der Waals surface area (Å²) in [6, 6.07) is 39.9. The summed E-state index contributed by atoms with van der Waals surface area (Å²) in [7, 11) is 0. The summed E-state index contributed by atoms with van der Waals surface area (Å²) in [5, 5.41) is 23.7. The molecule has 0 radical (unpaired) electrons. The maximum atomic E-state index is 13.9. The number of rotatable bonds is 6. The van der Waals surface area contributed by atoms with Crippen molar-refractivity contribution < 1.29 is 10.2 Å². The second-order valence-electron chi connectivity index (χ2n) is 11.3. The predicted octanol–water partition coefficient (Wildman–Crippen LogP) is 7.99. The summed E-state index contributed by atoms with van der Waals surface area (Å²) in [5.41, 5.74) is 3.51. The van der Waals surface area contributed by atoms with E-state index in [0.29, 0.717) is 56.0 Å². The molecule has 0 aliphatic heterocycles. The first-order valence-electron chi connectivity index (χ1n) is 15.4. The van der Waals surface area contributed by atoms with Gasteiger partial charge in [0.25, 0.3) is 11.1 Å². The SMILES string of the molecule is CC(=Nc1cccc(N=C(C)c2c(O)c3ccccc3n(-c3ccccc3)c2=O)c1)c1c(O)c2ccccc2n(-c2ccccc2)c1=O. The molecule has 7 aromatic rings. The number of pyridine rings is 2. The molecule has 0 bridgehead atoms. The molecule has 0 amide bonds. The molecular formula is C40H30N4O4. The number of nitrogens with zero attached hydrogens (tertiary/aromatic N) is 4. The van der Waals surface area contributed by atoms with Crippen LogP contribution in [-0.4, -0.2) is 30.8 Å². The second kappa shape index (κ2) is 12.3. The lowest BCUT2D eigenvalue weighted by Crippen LogP contribution is -2.25. The molecule has 2 heterocycles. The minimum atomic E-state index is -0.398. The van der Waals surface area contributed by atoms with E-state index >= 15 is 0 Å². The van der Waals surface area contributed by atoms with Gasteiger partial charge in [-0.3, -0.25) is 28.7 Å². The highest BCUT2D eigenvalue weighted by Gasteiger charge is 2.21. The molecule has 0 fully saturated rings. The molecule has 0 atom stereocenters. The first-order chi connectivity index (χ1) is 23.3.